The Balaban J connectivity index is 2.00. The Morgan fingerprint density at radius 3 is 2.67 bits per heavy atom. The third-order valence-electron chi connectivity index (χ3n) is 3.98. The van der Waals surface area contributed by atoms with Crippen molar-refractivity contribution in [2.75, 3.05) is 25.0 Å². The van der Waals surface area contributed by atoms with Crippen molar-refractivity contribution < 1.29 is 0 Å². The summed E-state index contributed by atoms with van der Waals surface area (Å²) in [7, 11) is 2.24. The molecule has 1 aliphatic rings. The average Bonchev–Trinajstić information content (AvgIpc) is 2.89. The fourth-order valence-electron chi connectivity index (χ4n) is 2.97. The topological polar surface area (TPSA) is 15.3 Å². The average molecular weight is 246 g/mol. The van der Waals surface area contributed by atoms with Crippen molar-refractivity contribution in [3.63, 3.8) is 0 Å². The fraction of sp³-hybridized carbons (Fsp3) is 0.625. The van der Waals surface area contributed by atoms with Crippen molar-refractivity contribution >= 4 is 5.69 Å². The van der Waals surface area contributed by atoms with E-state index in [1.807, 2.05) is 0 Å². The monoisotopic (exact) mass is 246 g/mol. The van der Waals surface area contributed by atoms with Gasteiger partial charge in [-0.05, 0) is 36.9 Å². The Morgan fingerprint density at radius 1 is 1.22 bits per heavy atom. The van der Waals surface area contributed by atoms with E-state index in [0.29, 0.717) is 0 Å². The number of hydrogen-bond donors (Lipinski definition) is 1. The van der Waals surface area contributed by atoms with Gasteiger partial charge in [0.2, 0.25) is 0 Å². The molecule has 0 bridgehead atoms. The molecule has 18 heavy (non-hydrogen) atoms. The largest absolute Gasteiger partial charge is 0.374 e. The van der Waals surface area contributed by atoms with E-state index in [2.05, 4.69) is 48.5 Å². The highest BCUT2D eigenvalue weighted by Crippen LogP contribution is 2.28. The lowest BCUT2D eigenvalue weighted by Crippen LogP contribution is -2.26. The lowest BCUT2D eigenvalue weighted by atomic mass is 10.1. The van der Waals surface area contributed by atoms with Crippen molar-refractivity contribution in [3.05, 3.63) is 29.8 Å². The van der Waals surface area contributed by atoms with Gasteiger partial charge < -0.3 is 10.2 Å². The van der Waals surface area contributed by atoms with Crippen LogP contribution in [0.25, 0.3) is 0 Å². The van der Waals surface area contributed by atoms with Gasteiger partial charge in [0.1, 0.15) is 0 Å². The minimum Gasteiger partial charge on any atom is -0.374 e. The van der Waals surface area contributed by atoms with Gasteiger partial charge in [0.05, 0.1) is 0 Å². The first kappa shape index (κ1) is 13.4. The van der Waals surface area contributed by atoms with E-state index in [1.54, 1.807) is 0 Å². The highest BCUT2D eigenvalue weighted by molar-refractivity contribution is 5.53. The van der Waals surface area contributed by atoms with Crippen molar-refractivity contribution in [2.45, 2.75) is 39.2 Å². The van der Waals surface area contributed by atoms with E-state index in [9.17, 15) is 0 Å². The summed E-state index contributed by atoms with van der Waals surface area (Å²) >= 11 is 0. The molecule has 1 N–H and O–H groups in total. The summed E-state index contributed by atoms with van der Waals surface area (Å²) in [5, 5.41) is 3.43. The maximum atomic E-state index is 3.43. The molecule has 1 aliphatic carbocycles. The van der Waals surface area contributed by atoms with E-state index >= 15 is 0 Å². The molecule has 1 fully saturated rings. The van der Waals surface area contributed by atoms with Crippen LogP contribution in [0.1, 0.15) is 38.2 Å². The van der Waals surface area contributed by atoms with E-state index in [4.69, 9.17) is 0 Å². The second kappa shape index (κ2) is 6.79. The zero-order chi connectivity index (χ0) is 12.8. The number of nitrogens with zero attached hydrogens (tertiary/aromatic N) is 1. The Morgan fingerprint density at radius 2 is 1.94 bits per heavy atom. The van der Waals surface area contributed by atoms with Crippen LogP contribution in [0.5, 0.6) is 0 Å². The van der Waals surface area contributed by atoms with Crippen LogP contribution in [0.2, 0.25) is 0 Å². The summed E-state index contributed by atoms with van der Waals surface area (Å²) in [5.41, 5.74) is 2.81. The molecule has 0 spiro atoms. The Bertz CT molecular complexity index is 356. The first-order chi connectivity index (χ1) is 8.81. The standard InChI is InChI=1S/C16H26N2/c1-3-17-12-15-10-6-7-11-16(15)18(2)13-14-8-4-5-9-14/h6-7,10-11,14,17H,3-5,8-9,12-13H2,1-2H3. The molecule has 1 saturated carbocycles. The minimum atomic E-state index is 0.905. The Kier molecular flexibility index (Phi) is 5.06. The molecule has 0 unspecified atom stereocenters. The molecule has 1 aromatic rings. The van der Waals surface area contributed by atoms with Crippen LogP contribution in [0.3, 0.4) is 0 Å². The zero-order valence-corrected chi connectivity index (χ0v) is 11.8. The third kappa shape index (κ3) is 3.49. The predicted molar refractivity (Wildman–Crippen MR) is 79.1 cm³/mol. The lowest BCUT2D eigenvalue weighted by Gasteiger charge is -2.25. The normalized spacial score (nSPS) is 16.1. The van der Waals surface area contributed by atoms with Crippen LogP contribution in [-0.2, 0) is 6.54 Å². The van der Waals surface area contributed by atoms with Gasteiger partial charge >= 0.3 is 0 Å². The van der Waals surface area contributed by atoms with Gasteiger partial charge in [-0.1, -0.05) is 38.0 Å². The highest BCUT2D eigenvalue weighted by atomic mass is 15.1. The van der Waals surface area contributed by atoms with Crippen LogP contribution in [0.4, 0.5) is 5.69 Å². The molecule has 0 atom stereocenters. The Hall–Kier alpha value is -1.02. The molecule has 2 nitrogen and oxygen atoms in total. The second-order valence-electron chi connectivity index (χ2n) is 5.44. The van der Waals surface area contributed by atoms with Crippen molar-refractivity contribution in [1.82, 2.24) is 5.32 Å². The first-order valence-electron chi connectivity index (χ1n) is 7.31. The highest BCUT2D eigenvalue weighted by Gasteiger charge is 2.17. The van der Waals surface area contributed by atoms with Gasteiger partial charge in [-0.15, -0.1) is 0 Å². The first-order valence-corrected chi connectivity index (χ1v) is 7.31. The SMILES string of the molecule is CCNCc1ccccc1N(C)CC1CCCC1. The fourth-order valence-corrected chi connectivity index (χ4v) is 2.97. The quantitative estimate of drug-likeness (QED) is 0.827. The van der Waals surface area contributed by atoms with Crippen molar-refractivity contribution in [3.8, 4) is 0 Å². The summed E-state index contributed by atoms with van der Waals surface area (Å²) in [6.07, 6.45) is 5.69. The molecule has 0 amide bonds. The van der Waals surface area contributed by atoms with Crippen LogP contribution >= 0.6 is 0 Å². The number of benzene rings is 1. The van der Waals surface area contributed by atoms with Gasteiger partial charge in [-0.2, -0.15) is 0 Å². The summed E-state index contributed by atoms with van der Waals surface area (Å²) < 4.78 is 0. The van der Waals surface area contributed by atoms with Crippen LogP contribution in [-0.4, -0.2) is 20.1 Å². The van der Waals surface area contributed by atoms with Crippen molar-refractivity contribution in [1.29, 1.82) is 0 Å². The maximum absolute atomic E-state index is 3.43. The molecule has 1 aromatic carbocycles. The maximum Gasteiger partial charge on any atom is 0.0409 e. The summed E-state index contributed by atoms with van der Waals surface area (Å²) in [6, 6.07) is 8.78. The van der Waals surface area contributed by atoms with Gasteiger partial charge in [-0.3, -0.25) is 0 Å². The van der Waals surface area contributed by atoms with E-state index in [0.717, 1.165) is 19.0 Å². The van der Waals surface area contributed by atoms with E-state index < -0.39 is 0 Å². The summed E-state index contributed by atoms with van der Waals surface area (Å²) in [6.45, 7) is 5.37. The van der Waals surface area contributed by atoms with Crippen LogP contribution < -0.4 is 10.2 Å². The van der Waals surface area contributed by atoms with Gasteiger partial charge in [-0.25, -0.2) is 0 Å². The third-order valence-corrected chi connectivity index (χ3v) is 3.98. The number of hydrogen-bond acceptors (Lipinski definition) is 2. The molecule has 0 aromatic heterocycles. The minimum absolute atomic E-state index is 0.905. The molecular formula is C16H26N2. The van der Waals surface area contributed by atoms with Crippen LogP contribution in [0, 0.1) is 5.92 Å². The molecule has 100 valence electrons. The van der Waals surface area contributed by atoms with Gasteiger partial charge in [0.25, 0.3) is 0 Å². The van der Waals surface area contributed by atoms with Gasteiger partial charge in [0.15, 0.2) is 0 Å². The zero-order valence-electron chi connectivity index (χ0n) is 11.8. The number of anilines is 1. The second-order valence-corrected chi connectivity index (χ2v) is 5.44. The molecule has 2 heteroatoms. The molecule has 0 heterocycles. The molecule has 0 saturated heterocycles. The number of nitrogens with one attached hydrogen (secondary N) is 1. The molecule has 0 aliphatic heterocycles. The van der Waals surface area contributed by atoms with E-state index in [1.165, 1.54) is 43.5 Å². The van der Waals surface area contributed by atoms with Crippen molar-refractivity contribution in [2.24, 2.45) is 5.92 Å². The van der Waals surface area contributed by atoms with Gasteiger partial charge in [0, 0.05) is 25.8 Å². The summed E-state index contributed by atoms with van der Waals surface area (Å²) in [4.78, 5) is 2.45. The Labute approximate surface area is 111 Å². The smallest absolute Gasteiger partial charge is 0.0409 e. The summed E-state index contributed by atoms with van der Waals surface area (Å²) in [5.74, 6) is 0.905. The van der Waals surface area contributed by atoms with Crippen LogP contribution in [0.15, 0.2) is 24.3 Å². The van der Waals surface area contributed by atoms with E-state index in [-0.39, 0.29) is 0 Å². The molecule has 0 radical (unpaired) electrons. The predicted octanol–water partition coefficient (Wildman–Crippen LogP) is 3.42. The molecule has 2 rings (SSSR count). The molecular weight excluding hydrogens is 220 g/mol. The number of para-hydroxylation sites is 1. The lowest BCUT2D eigenvalue weighted by molar-refractivity contribution is 0.546. The number of rotatable bonds is 6.